The second-order valence-electron chi connectivity index (χ2n) is 3.55. The number of rotatable bonds is 3. The molecule has 0 bridgehead atoms. The van der Waals surface area contributed by atoms with Crippen LogP contribution in [-0.2, 0) is 13.0 Å². The third-order valence-electron chi connectivity index (χ3n) is 2.10. The SMILES string of the molecule is NCc1cc(-c2nc(CC(F)(F)F)no2)ccn1. The lowest BCUT2D eigenvalue weighted by Gasteiger charge is -2.00. The lowest BCUT2D eigenvalue weighted by atomic mass is 10.2. The molecule has 0 fully saturated rings. The van der Waals surface area contributed by atoms with Crippen LogP contribution in [0.5, 0.6) is 0 Å². The van der Waals surface area contributed by atoms with Gasteiger partial charge in [0.1, 0.15) is 6.42 Å². The van der Waals surface area contributed by atoms with Crippen molar-refractivity contribution in [3.8, 4) is 11.5 Å². The molecule has 0 spiro atoms. The molecule has 0 aliphatic heterocycles. The Morgan fingerprint density at radius 3 is 2.78 bits per heavy atom. The van der Waals surface area contributed by atoms with Gasteiger partial charge in [-0.1, -0.05) is 5.16 Å². The quantitative estimate of drug-likeness (QED) is 0.906. The maximum atomic E-state index is 12.1. The van der Waals surface area contributed by atoms with Gasteiger partial charge in [0, 0.05) is 18.3 Å². The van der Waals surface area contributed by atoms with Gasteiger partial charge in [-0.3, -0.25) is 4.98 Å². The Kier molecular flexibility index (Phi) is 3.28. The second-order valence-corrected chi connectivity index (χ2v) is 3.55. The fourth-order valence-corrected chi connectivity index (χ4v) is 1.35. The fraction of sp³-hybridized carbons (Fsp3) is 0.300. The summed E-state index contributed by atoms with van der Waals surface area (Å²) in [6, 6.07) is 3.15. The largest absolute Gasteiger partial charge is 0.396 e. The number of halogens is 3. The van der Waals surface area contributed by atoms with Gasteiger partial charge in [0.2, 0.25) is 0 Å². The van der Waals surface area contributed by atoms with E-state index in [2.05, 4.69) is 15.1 Å². The number of pyridine rings is 1. The van der Waals surface area contributed by atoms with Crippen molar-refractivity contribution in [2.45, 2.75) is 19.1 Å². The number of hydrogen-bond acceptors (Lipinski definition) is 5. The molecule has 0 amide bonds. The molecule has 18 heavy (non-hydrogen) atoms. The van der Waals surface area contributed by atoms with Gasteiger partial charge in [0.05, 0.1) is 5.69 Å². The molecule has 2 rings (SSSR count). The van der Waals surface area contributed by atoms with E-state index >= 15 is 0 Å². The molecule has 0 atom stereocenters. The molecule has 0 saturated heterocycles. The molecule has 0 aliphatic carbocycles. The minimum Gasteiger partial charge on any atom is -0.334 e. The van der Waals surface area contributed by atoms with Gasteiger partial charge in [-0.2, -0.15) is 18.2 Å². The molecule has 8 heteroatoms. The zero-order valence-electron chi connectivity index (χ0n) is 9.11. The molecule has 0 unspecified atom stereocenters. The highest BCUT2D eigenvalue weighted by atomic mass is 19.4. The summed E-state index contributed by atoms with van der Waals surface area (Å²) in [5, 5.41) is 3.28. The van der Waals surface area contributed by atoms with Gasteiger partial charge < -0.3 is 10.3 Å². The van der Waals surface area contributed by atoms with Gasteiger partial charge >= 0.3 is 6.18 Å². The summed E-state index contributed by atoms with van der Waals surface area (Å²) in [6.45, 7) is 0.220. The van der Waals surface area contributed by atoms with Gasteiger partial charge in [-0.05, 0) is 12.1 Å². The van der Waals surface area contributed by atoms with E-state index < -0.39 is 18.4 Å². The number of alkyl halides is 3. The number of nitrogens with two attached hydrogens (primary N) is 1. The van der Waals surface area contributed by atoms with Crippen molar-refractivity contribution in [2.75, 3.05) is 0 Å². The molecule has 0 aliphatic rings. The van der Waals surface area contributed by atoms with Crippen LogP contribution in [0.4, 0.5) is 13.2 Å². The summed E-state index contributed by atoms with van der Waals surface area (Å²) >= 11 is 0. The van der Waals surface area contributed by atoms with Crippen molar-refractivity contribution in [1.82, 2.24) is 15.1 Å². The Morgan fingerprint density at radius 1 is 1.33 bits per heavy atom. The predicted molar refractivity (Wildman–Crippen MR) is 55.2 cm³/mol. The maximum absolute atomic E-state index is 12.1. The van der Waals surface area contributed by atoms with E-state index in [0.29, 0.717) is 11.3 Å². The van der Waals surface area contributed by atoms with Crippen molar-refractivity contribution in [1.29, 1.82) is 0 Å². The first kappa shape index (κ1) is 12.5. The van der Waals surface area contributed by atoms with E-state index in [9.17, 15) is 13.2 Å². The number of aromatic nitrogens is 3. The third-order valence-corrected chi connectivity index (χ3v) is 2.10. The van der Waals surface area contributed by atoms with E-state index in [1.165, 1.54) is 6.20 Å². The van der Waals surface area contributed by atoms with Crippen molar-refractivity contribution in [3.63, 3.8) is 0 Å². The van der Waals surface area contributed by atoms with Crippen molar-refractivity contribution < 1.29 is 17.7 Å². The molecule has 2 heterocycles. The fourth-order valence-electron chi connectivity index (χ4n) is 1.35. The highest BCUT2D eigenvalue weighted by molar-refractivity contribution is 5.52. The van der Waals surface area contributed by atoms with E-state index in [4.69, 9.17) is 10.3 Å². The highest BCUT2D eigenvalue weighted by Gasteiger charge is 2.30. The number of nitrogens with zero attached hydrogens (tertiary/aromatic N) is 3. The smallest absolute Gasteiger partial charge is 0.334 e. The van der Waals surface area contributed by atoms with Crippen molar-refractivity contribution in [2.24, 2.45) is 5.73 Å². The second kappa shape index (κ2) is 4.73. The van der Waals surface area contributed by atoms with Crippen LogP contribution in [-0.4, -0.2) is 21.3 Å². The van der Waals surface area contributed by atoms with Gasteiger partial charge in [0.15, 0.2) is 5.82 Å². The van der Waals surface area contributed by atoms with Gasteiger partial charge in [-0.25, -0.2) is 0 Å². The summed E-state index contributed by atoms with van der Waals surface area (Å²) in [5.74, 6) is -0.380. The molecule has 0 saturated carbocycles. The van der Waals surface area contributed by atoms with Crippen LogP contribution in [0.15, 0.2) is 22.9 Å². The number of hydrogen-bond donors (Lipinski definition) is 1. The van der Waals surface area contributed by atoms with E-state index in [-0.39, 0.29) is 12.4 Å². The normalized spacial score (nSPS) is 11.8. The van der Waals surface area contributed by atoms with Crippen LogP contribution in [0.2, 0.25) is 0 Å². The average molecular weight is 258 g/mol. The molecular weight excluding hydrogens is 249 g/mol. The van der Waals surface area contributed by atoms with Crippen molar-refractivity contribution in [3.05, 3.63) is 29.8 Å². The van der Waals surface area contributed by atoms with E-state index in [1.54, 1.807) is 12.1 Å². The summed E-state index contributed by atoms with van der Waals surface area (Å²) < 4.78 is 41.1. The first-order valence-electron chi connectivity index (χ1n) is 5.02. The van der Waals surface area contributed by atoms with Gasteiger partial charge in [0.25, 0.3) is 5.89 Å². The van der Waals surface area contributed by atoms with Crippen LogP contribution < -0.4 is 5.73 Å². The van der Waals surface area contributed by atoms with E-state index in [1.807, 2.05) is 0 Å². The summed E-state index contributed by atoms with van der Waals surface area (Å²) in [6.07, 6.45) is -4.10. The standard InChI is InChI=1S/C10H9F3N4O/c11-10(12,13)4-8-16-9(18-17-8)6-1-2-15-7(3-6)5-14/h1-3H,4-5,14H2. The molecule has 2 aromatic heterocycles. The molecule has 0 aromatic carbocycles. The van der Waals surface area contributed by atoms with Crippen LogP contribution in [0.3, 0.4) is 0 Å². The predicted octanol–water partition coefficient (Wildman–Crippen LogP) is 1.70. The Balaban J connectivity index is 2.23. The van der Waals surface area contributed by atoms with Gasteiger partial charge in [-0.15, -0.1) is 0 Å². The zero-order chi connectivity index (χ0) is 13.2. The lowest BCUT2D eigenvalue weighted by Crippen LogP contribution is -2.12. The summed E-state index contributed by atoms with van der Waals surface area (Å²) in [7, 11) is 0. The Morgan fingerprint density at radius 2 is 2.11 bits per heavy atom. The Bertz CT molecular complexity index is 538. The molecule has 2 aromatic rings. The minimum atomic E-state index is -4.36. The summed E-state index contributed by atoms with van der Waals surface area (Å²) in [4.78, 5) is 7.63. The lowest BCUT2D eigenvalue weighted by molar-refractivity contribution is -0.128. The third kappa shape index (κ3) is 3.04. The summed E-state index contributed by atoms with van der Waals surface area (Å²) in [5.41, 5.74) is 6.49. The molecule has 96 valence electrons. The van der Waals surface area contributed by atoms with Crippen LogP contribution in [0, 0.1) is 0 Å². The van der Waals surface area contributed by atoms with Crippen LogP contribution in [0.1, 0.15) is 11.5 Å². The van der Waals surface area contributed by atoms with Crippen LogP contribution in [0.25, 0.3) is 11.5 Å². The first-order chi connectivity index (χ1) is 8.48. The molecule has 0 radical (unpaired) electrons. The topological polar surface area (TPSA) is 77.8 Å². The van der Waals surface area contributed by atoms with Crippen molar-refractivity contribution >= 4 is 0 Å². The molecule has 2 N–H and O–H groups in total. The van der Waals surface area contributed by atoms with E-state index in [0.717, 1.165) is 0 Å². The monoisotopic (exact) mass is 258 g/mol. The minimum absolute atomic E-state index is 0.0198. The first-order valence-corrected chi connectivity index (χ1v) is 5.02. The highest BCUT2D eigenvalue weighted by Crippen LogP contribution is 2.22. The molecular formula is C10H9F3N4O. The zero-order valence-corrected chi connectivity index (χ0v) is 9.11. The maximum Gasteiger partial charge on any atom is 0.396 e. The Hall–Kier alpha value is -1.96. The molecule has 5 nitrogen and oxygen atoms in total. The average Bonchev–Trinajstić information content (AvgIpc) is 2.75. The Labute approximate surface area is 99.8 Å². The van der Waals surface area contributed by atoms with Crippen LogP contribution >= 0.6 is 0 Å².